The van der Waals surface area contributed by atoms with Crippen LogP contribution in [-0.2, 0) is 33.2 Å². The molecular formula is C70H121NO18. The van der Waals surface area contributed by atoms with Gasteiger partial charge in [0.1, 0.15) is 73.2 Å². The predicted octanol–water partition coefficient (Wildman–Crippen LogP) is 8.71. The molecule has 3 heterocycles. The highest BCUT2D eigenvalue weighted by atomic mass is 16.8. The Balaban J connectivity index is 1.44. The van der Waals surface area contributed by atoms with Gasteiger partial charge in [-0.15, -0.1) is 0 Å². The van der Waals surface area contributed by atoms with E-state index in [-0.39, 0.29) is 18.9 Å². The number of unbranched alkanes of at least 4 members (excludes halogenated alkanes) is 23. The summed E-state index contributed by atoms with van der Waals surface area (Å²) in [5.74, 6) is -0.292. The van der Waals surface area contributed by atoms with Crippen molar-refractivity contribution < 1.29 is 89.4 Å². The van der Waals surface area contributed by atoms with Gasteiger partial charge in [-0.2, -0.15) is 0 Å². The zero-order valence-corrected chi connectivity index (χ0v) is 54.1. The molecule has 19 heteroatoms. The van der Waals surface area contributed by atoms with Gasteiger partial charge < -0.3 is 89.9 Å². The topological polar surface area (TPSA) is 307 Å². The Morgan fingerprint density at radius 3 is 1.26 bits per heavy atom. The Bertz CT molecular complexity index is 1940. The SMILES string of the molecule is CC/C=C\C/C=C\C/C=C\C/C=C\C/C=C\CCCCCCCCCCCCCC(=O)NC(COC1OC(CO)C(OC2OC(CO)C(OC3OC(CO)C(O)C(O)C3O)C(O)C2O)C(O)C1O)C(O)/C=C/CC/C=C/CCCCCCCCCCCCC. The van der Waals surface area contributed by atoms with Crippen molar-refractivity contribution in [2.75, 3.05) is 26.4 Å². The monoisotopic (exact) mass is 1260 g/mol. The smallest absolute Gasteiger partial charge is 0.220 e. The number of amides is 1. The zero-order chi connectivity index (χ0) is 64.7. The maximum absolute atomic E-state index is 13.4. The maximum Gasteiger partial charge on any atom is 0.220 e. The fourth-order valence-electron chi connectivity index (χ4n) is 11.1. The van der Waals surface area contributed by atoms with Gasteiger partial charge in [-0.1, -0.05) is 221 Å². The number of ether oxygens (including phenoxy) is 6. The van der Waals surface area contributed by atoms with E-state index >= 15 is 0 Å². The molecule has 0 saturated carbocycles. The fraction of sp³-hybridized carbons (Fsp3) is 0.786. The van der Waals surface area contributed by atoms with Crippen molar-refractivity contribution in [1.82, 2.24) is 5.32 Å². The van der Waals surface area contributed by atoms with Gasteiger partial charge in [-0.05, 0) is 77.0 Å². The summed E-state index contributed by atoms with van der Waals surface area (Å²) in [6.45, 7) is 1.59. The number of hydrogen-bond donors (Lipinski definition) is 12. The van der Waals surface area contributed by atoms with Crippen LogP contribution in [0.25, 0.3) is 0 Å². The molecule has 3 aliphatic rings. The summed E-state index contributed by atoms with van der Waals surface area (Å²) in [6, 6.07) is -0.997. The second kappa shape index (κ2) is 51.4. The second-order valence-corrected chi connectivity index (χ2v) is 24.2. The standard InChI is InChI=1S/C70H121NO18/c1-3-5-7-9-11-13-15-17-19-21-22-23-24-25-26-27-28-29-30-32-34-36-38-40-42-44-46-48-58(76)71-53(54(75)47-45-43-41-39-37-35-33-31-20-18-16-14-12-10-8-6-4-2)52-84-68-64(82)61(79)66(56(50-73)86-68)89-70-65(83)62(80)67(57(51-74)87-70)88-69-63(81)60(78)59(77)55(49-72)85-69/h5,7,11,13,17,19,22-23,25-26,37,39,45,47,53-57,59-70,72-75,77-83H,3-4,6,8-10,12,14-16,18,20-21,24,27-36,38,40-44,46,48-52H2,1-2H3,(H,71,76)/b7-5-,13-11-,19-17-,23-22-,26-25-,39-37+,47-45+. The van der Waals surface area contributed by atoms with Crippen LogP contribution < -0.4 is 5.32 Å². The minimum atomic E-state index is -1.98. The Morgan fingerprint density at radius 1 is 0.416 bits per heavy atom. The van der Waals surface area contributed by atoms with Crippen LogP contribution >= 0.6 is 0 Å². The van der Waals surface area contributed by atoms with Crippen LogP contribution in [0.1, 0.15) is 219 Å². The van der Waals surface area contributed by atoms with E-state index in [4.69, 9.17) is 28.4 Å². The van der Waals surface area contributed by atoms with Crippen LogP contribution in [-0.4, -0.2) is 193 Å². The Kier molecular flexibility index (Phi) is 46.3. The third-order valence-corrected chi connectivity index (χ3v) is 16.7. The van der Waals surface area contributed by atoms with Gasteiger partial charge in [0, 0.05) is 6.42 Å². The van der Waals surface area contributed by atoms with E-state index in [9.17, 15) is 61.0 Å². The number of rotatable bonds is 51. The summed E-state index contributed by atoms with van der Waals surface area (Å²) in [6.07, 6.45) is 38.4. The molecule has 89 heavy (non-hydrogen) atoms. The van der Waals surface area contributed by atoms with Gasteiger partial charge in [0.2, 0.25) is 5.91 Å². The lowest BCUT2D eigenvalue weighted by Gasteiger charge is -2.48. The van der Waals surface area contributed by atoms with Crippen LogP contribution in [0.15, 0.2) is 85.1 Å². The third-order valence-electron chi connectivity index (χ3n) is 16.7. The van der Waals surface area contributed by atoms with Gasteiger partial charge in [0.25, 0.3) is 0 Å². The Labute approximate surface area is 533 Å². The van der Waals surface area contributed by atoms with E-state index in [1.165, 1.54) is 103 Å². The molecule has 0 aliphatic carbocycles. The number of aliphatic hydroxyl groups excluding tert-OH is 11. The first kappa shape index (κ1) is 80.2. The van der Waals surface area contributed by atoms with Gasteiger partial charge in [-0.25, -0.2) is 0 Å². The maximum atomic E-state index is 13.4. The summed E-state index contributed by atoms with van der Waals surface area (Å²) in [5, 5.41) is 120. The molecule has 0 aromatic carbocycles. The minimum Gasteiger partial charge on any atom is -0.394 e. The molecule has 0 aromatic heterocycles. The van der Waals surface area contributed by atoms with Crippen LogP contribution in [0.3, 0.4) is 0 Å². The van der Waals surface area contributed by atoms with Crippen molar-refractivity contribution in [2.24, 2.45) is 0 Å². The van der Waals surface area contributed by atoms with Crippen molar-refractivity contribution in [3.8, 4) is 0 Å². The largest absolute Gasteiger partial charge is 0.394 e. The van der Waals surface area contributed by atoms with Crippen molar-refractivity contribution in [3.63, 3.8) is 0 Å². The molecule has 0 bridgehead atoms. The summed E-state index contributed by atoms with van der Waals surface area (Å²) >= 11 is 0. The summed E-state index contributed by atoms with van der Waals surface area (Å²) in [4.78, 5) is 13.4. The van der Waals surface area contributed by atoms with E-state index in [1.807, 2.05) is 6.08 Å². The molecule has 3 rings (SSSR count). The van der Waals surface area contributed by atoms with Gasteiger partial charge in [0.05, 0.1) is 38.6 Å². The number of carbonyl (C=O) groups is 1. The van der Waals surface area contributed by atoms with Crippen molar-refractivity contribution in [3.05, 3.63) is 85.1 Å². The van der Waals surface area contributed by atoms with Gasteiger partial charge in [0.15, 0.2) is 18.9 Å². The summed E-state index contributed by atoms with van der Waals surface area (Å²) in [5.41, 5.74) is 0. The molecule has 17 atom stereocenters. The summed E-state index contributed by atoms with van der Waals surface area (Å²) in [7, 11) is 0. The second-order valence-electron chi connectivity index (χ2n) is 24.2. The fourth-order valence-corrected chi connectivity index (χ4v) is 11.1. The molecule has 0 radical (unpaired) electrons. The van der Waals surface area contributed by atoms with Crippen molar-refractivity contribution in [1.29, 1.82) is 0 Å². The van der Waals surface area contributed by atoms with E-state index in [2.05, 4.69) is 92.1 Å². The molecule has 0 spiro atoms. The molecule has 19 nitrogen and oxygen atoms in total. The van der Waals surface area contributed by atoms with Gasteiger partial charge in [-0.3, -0.25) is 4.79 Å². The summed E-state index contributed by atoms with van der Waals surface area (Å²) < 4.78 is 34.3. The Hall–Kier alpha value is -3.03. The quantitative estimate of drug-likeness (QED) is 0.0200. The highest BCUT2D eigenvalue weighted by molar-refractivity contribution is 5.76. The van der Waals surface area contributed by atoms with Gasteiger partial charge >= 0.3 is 0 Å². The molecule has 3 saturated heterocycles. The third kappa shape index (κ3) is 33.6. The van der Waals surface area contributed by atoms with E-state index in [0.717, 1.165) is 83.5 Å². The number of carbonyl (C=O) groups excluding carboxylic acids is 1. The number of allylic oxidation sites excluding steroid dienone is 13. The molecule has 514 valence electrons. The minimum absolute atomic E-state index is 0.227. The van der Waals surface area contributed by atoms with Crippen LogP contribution in [0.5, 0.6) is 0 Å². The lowest BCUT2D eigenvalue weighted by molar-refractivity contribution is -0.379. The van der Waals surface area contributed by atoms with Crippen LogP contribution in [0.4, 0.5) is 0 Å². The van der Waals surface area contributed by atoms with Crippen LogP contribution in [0, 0.1) is 0 Å². The first-order valence-corrected chi connectivity index (χ1v) is 34.3. The molecule has 17 unspecified atom stereocenters. The highest BCUT2D eigenvalue weighted by Crippen LogP contribution is 2.33. The van der Waals surface area contributed by atoms with E-state index in [1.54, 1.807) is 6.08 Å². The lowest BCUT2D eigenvalue weighted by Crippen LogP contribution is -2.66. The Morgan fingerprint density at radius 2 is 0.787 bits per heavy atom. The average molecular weight is 1260 g/mol. The normalized spacial score (nSPS) is 28.8. The van der Waals surface area contributed by atoms with Crippen LogP contribution in [0.2, 0.25) is 0 Å². The molecule has 1 amide bonds. The molecular weight excluding hydrogens is 1140 g/mol. The first-order valence-electron chi connectivity index (χ1n) is 34.3. The lowest BCUT2D eigenvalue weighted by atomic mass is 9.96. The average Bonchev–Trinajstić information content (AvgIpc) is 2.46. The van der Waals surface area contributed by atoms with E-state index in [0.29, 0.717) is 12.8 Å². The van der Waals surface area contributed by atoms with E-state index < -0.39 is 124 Å². The predicted molar refractivity (Wildman–Crippen MR) is 346 cm³/mol. The number of hydrogen-bond acceptors (Lipinski definition) is 18. The molecule has 3 fully saturated rings. The zero-order valence-electron chi connectivity index (χ0n) is 54.1. The van der Waals surface area contributed by atoms with Crippen molar-refractivity contribution in [2.45, 2.75) is 324 Å². The van der Waals surface area contributed by atoms with Crippen molar-refractivity contribution >= 4 is 5.91 Å². The molecule has 0 aromatic rings. The molecule has 3 aliphatic heterocycles. The first-order chi connectivity index (χ1) is 43.3. The number of nitrogens with one attached hydrogen (secondary N) is 1. The highest BCUT2D eigenvalue weighted by Gasteiger charge is 2.53. The molecule has 12 N–H and O–H groups in total. The number of aliphatic hydroxyl groups is 11.